The smallest absolute Gasteiger partial charge is 0.0761 e. The SMILES string of the molecule is C[C@H](O)c1ccc(N2CCN(C(C)(C)C)CC2)cc1. The van der Waals surface area contributed by atoms with Gasteiger partial charge in [0, 0.05) is 37.4 Å². The fraction of sp³-hybridized carbons (Fsp3) is 0.625. The van der Waals surface area contributed by atoms with E-state index in [9.17, 15) is 5.11 Å². The molecule has 0 radical (unpaired) electrons. The number of benzene rings is 1. The van der Waals surface area contributed by atoms with Gasteiger partial charge in [0.25, 0.3) is 0 Å². The Hall–Kier alpha value is -1.06. The Labute approximate surface area is 116 Å². The van der Waals surface area contributed by atoms with Gasteiger partial charge in [-0.2, -0.15) is 0 Å². The molecule has 1 N–H and O–H groups in total. The van der Waals surface area contributed by atoms with Crippen molar-refractivity contribution in [2.75, 3.05) is 31.1 Å². The Kier molecular flexibility index (Phi) is 4.16. The monoisotopic (exact) mass is 262 g/mol. The summed E-state index contributed by atoms with van der Waals surface area (Å²) in [5.74, 6) is 0. The van der Waals surface area contributed by atoms with Crippen LogP contribution < -0.4 is 4.90 Å². The zero-order valence-corrected chi connectivity index (χ0v) is 12.6. The van der Waals surface area contributed by atoms with Crippen molar-refractivity contribution in [3.8, 4) is 0 Å². The molecule has 19 heavy (non-hydrogen) atoms. The zero-order chi connectivity index (χ0) is 14.0. The average Bonchev–Trinajstić information content (AvgIpc) is 2.38. The molecule has 0 aliphatic carbocycles. The van der Waals surface area contributed by atoms with Gasteiger partial charge in [0.1, 0.15) is 0 Å². The molecule has 3 heteroatoms. The second-order valence-corrected chi connectivity index (χ2v) is 6.41. The summed E-state index contributed by atoms with van der Waals surface area (Å²) in [6, 6.07) is 8.29. The highest BCUT2D eigenvalue weighted by molar-refractivity contribution is 5.48. The van der Waals surface area contributed by atoms with Crippen LogP contribution in [0, 0.1) is 0 Å². The Morgan fingerprint density at radius 2 is 1.53 bits per heavy atom. The molecule has 3 nitrogen and oxygen atoms in total. The van der Waals surface area contributed by atoms with Crippen molar-refractivity contribution in [3.05, 3.63) is 29.8 Å². The number of hydrogen-bond acceptors (Lipinski definition) is 3. The quantitative estimate of drug-likeness (QED) is 0.887. The topological polar surface area (TPSA) is 26.7 Å². The van der Waals surface area contributed by atoms with Gasteiger partial charge >= 0.3 is 0 Å². The lowest BCUT2D eigenvalue weighted by atomic mass is 10.0. The van der Waals surface area contributed by atoms with E-state index in [0.29, 0.717) is 0 Å². The maximum atomic E-state index is 9.53. The molecular formula is C16H26N2O. The van der Waals surface area contributed by atoms with E-state index < -0.39 is 0 Å². The summed E-state index contributed by atoms with van der Waals surface area (Å²) in [5, 5.41) is 9.53. The molecule has 0 spiro atoms. The highest BCUT2D eigenvalue weighted by Gasteiger charge is 2.25. The molecule has 1 saturated heterocycles. The van der Waals surface area contributed by atoms with Crippen LogP contribution in [-0.4, -0.2) is 41.7 Å². The third-order valence-corrected chi connectivity index (χ3v) is 3.97. The van der Waals surface area contributed by atoms with Crippen molar-refractivity contribution in [2.45, 2.75) is 39.3 Å². The lowest BCUT2D eigenvalue weighted by Gasteiger charge is -2.43. The number of aliphatic hydroxyl groups excluding tert-OH is 1. The highest BCUT2D eigenvalue weighted by Crippen LogP contribution is 2.22. The molecule has 1 fully saturated rings. The third kappa shape index (κ3) is 3.48. The first-order valence-electron chi connectivity index (χ1n) is 7.16. The van der Waals surface area contributed by atoms with Gasteiger partial charge in [0.15, 0.2) is 0 Å². The Morgan fingerprint density at radius 3 is 1.95 bits per heavy atom. The normalized spacial score (nSPS) is 19.5. The van der Waals surface area contributed by atoms with Gasteiger partial charge in [-0.1, -0.05) is 12.1 Å². The third-order valence-electron chi connectivity index (χ3n) is 3.97. The van der Waals surface area contributed by atoms with Gasteiger partial charge in [0.05, 0.1) is 6.10 Å². The largest absolute Gasteiger partial charge is 0.389 e. The summed E-state index contributed by atoms with van der Waals surface area (Å²) in [4.78, 5) is 4.96. The first kappa shape index (κ1) is 14.4. The molecule has 2 rings (SSSR count). The summed E-state index contributed by atoms with van der Waals surface area (Å²) in [5.41, 5.74) is 2.51. The first-order chi connectivity index (χ1) is 8.88. The number of rotatable bonds is 2. The van der Waals surface area contributed by atoms with E-state index in [1.54, 1.807) is 6.92 Å². The number of piperazine rings is 1. The van der Waals surface area contributed by atoms with Crippen LogP contribution in [0.2, 0.25) is 0 Å². The van der Waals surface area contributed by atoms with E-state index in [1.165, 1.54) is 5.69 Å². The molecule has 0 amide bonds. The zero-order valence-electron chi connectivity index (χ0n) is 12.6. The molecule has 1 atom stereocenters. The van der Waals surface area contributed by atoms with E-state index in [-0.39, 0.29) is 11.6 Å². The van der Waals surface area contributed by atoms with Gasteiger partial charge in [-0.3, -0.25) is 4.90 Å². The van der Waals surface area contributed by atoms with Crippen molar-refractivity contribution in [1.82, 2.24) is 4.90 Å². The van der Waals surface area contributed by atoms with Crippen molar-refractivity contribution in [3.63, 3.8) is 0 Å². The molecule has 0 aromatic heterocycles. The van der Waals surface area contributed by atoms with Crippen molar-refractivity contribution in [2.24, 2.45) is 0 Å². The van der Waals surface area contributed by atoms with Crippen LogP contribution in [0.4, 0.5) is 5.69 Å². The first-order valence-corrected chi connectivity index (χ1v) is 7.16. The summed E-state index contributed by atoms with van der Waals surface area (Å²) < 4.78 is 0. The maximum absolute atomic E-state index is 9.53. The molecule has 1 aromatic carbocycles. The van der Waals surface area contributed by atoms with Gasteiger partial charge in [0.2, 0.25) is 0 Å². The molecule has 106 valence electrons. The van der Waals surface area contributed by atoms with Gasteiger partial charge in [-0.15, -0.1) is 0 Å². The van der Waals surface area contributed by atoms with Crippen molar-refractivity contribution >= 4 is 5.69 Å². The molecule has 1 aliphatic rings. The number of aliphatic hydroxyl groups is 1. The second-order valence-electron chi connectivity index (χ2n) is 6.41. The summed E-state index contributed by atoms with van der Waals surface area (Å²) in [6.45, 7) is 13.0. The molecule has 0 bridgehead atoms. The second kappa shape index (κ2) is 5.51. The van der Waals surface area contributed by atoms with Crippen LogP contribution in [0.15, 0.2) is 24.3 Å². The number of hydrogen-bond donors (Lipinski definition) is 1. The fourth-order valence-electron chi connectivity index (χ4n) is 2.60. The minimum Gasteiger partial charge on any atom is -0.389 e. The molecule has 1 heterocycles. The molecular weight excluding hydrogens is 236 g/mol. The molecule has 1 aliphatic heterocycles. The number of anilines is 1. The molecule has 0 unspecified atom stereocenters. The maximum Gasteiger partial charge on any atom is 0.0761 e. The fourth-order valence-corrected chi connectivity index (χ4v) is 2.60. The Morgan fingerprint density at radius 1 is 1.00 bits per heavy atom. The predicted molar refractivity (Wildman–Crippen MR) is 80.6 cm³/mol. The molecule has 0 saturated carbocycles. The number of nitrogens with zero attached hydrogens (tertiary/aromatic N) is 2. The highest BCUT2D eigenvalue weighted by atomic mass is 16.3. The van der Waals surface area contributed by atoms with Crippen molar-refractivity contribution in [1.29, 1.82) is 0 Å². The van der Waals surface area contributed by atoms with E-state index in [2.05, 4.69) is 42.7 Å². The summed E-state index contributed by atoms with van der Waals surface area (Å²) in [7, 11) is 0. The van der Waals surface area contributed by atoms with Crippen LogP contribution in [0.25, 0.3) is 0 Å². The molecule has 1 aromatic rings. The van der Waals surface area contributed by atoms with Crippen LogP contribution >= 0.6 is 0 Å². The van der Waals surface area contributed by atoms with Crippen LogP contribution in [0.1, 0.15) is 39.4 Å². The van der Waals surface area contributed by atoms with Crippen LogP contribution in [0.5, 0.6) is 0 Å². The standard InChI is InChI=1S/C16H26N2O/c1-13(19)14-5-7-15(8-6-14)17-9-11-18(12-10-17)16(2,3)4/h5-8,13,19H,9-12H2,1-4H3/t13-/m0/s1. The van der Waals surface area contributed by atoms with E-state index in [1.807, 2.05) is 12.1 Å². The van der Waals surface area contributed by atoms with E-state index in [4.69, 9.17) is 0 Å². The average molecular weight is 262 g/mol. The van der Waals surface area contributed by atoms with Crippen LogP contribution in [-0.2, 0) is 0 Å². The Bertz CT molecular complexity index is 398. The van der Waals surface area contributed by atoms with Crippen molar-refractivity contribution < 1.29 is 5.11 Å². The van der Waals surface area contributed by atoms with Gasteiger partial charge in [-0.25, -0.2) is 0 Å². The van der Waals surface area contributed by atoms with Gasteiger partial charge in [-0.05, 0) is 45.4 Å². The lowest BCUT2D eigenvalue weighted by Crippen LogP contribution is -2.53. The predicted octanol–water partition coefficient (Wildman–Crippen LogP) is 2.66. The Balaban J connectivity index is 1.98. The van der Waals surface area contributed by atoms with E-state index >= 15 is 0 Å². The summed E-state index contributed by atoms with van der Waals surface area (Å²) >= 11 is 0. The van der Waals surface area contributed by atoms with Gasteiger partial charge < -0.3 is 10.0 Å². The minimum absolute atomic E-state index is 0.266. The lowest BCUT2D eigenvalue weighted by molar-refractivity contribution is 0.128. The van der Waals surface area contributed by atoms with E-state index in [0.717, 1.165) is 31.7 Å². The summed E-state index contributed by atoms with van der Waals surface area (Å²) in [6.07, 6.45) is -0.383. The minimum atomic E-state index is -0.383. The van der Waals surface area contributed by atoms with Crippen LogP contribution in [0.3, 0.4) is 0 Å².